The monoisotopic (exact) mass is 503 g/mol. The third-order valence-corrected chi connectivity index (χ3v) is 4.92. The number of aliphatic hydroxyl groups is 1. The highest BCUT2D eigenvalue weighted by Crippen LogP contribution is 2.38. The molecule has 0 saturated carbocycles. The second-order valence-electron chi connectivity index (χ2n) is 5.88. The zero-order valence-corrected chi connectivity index (χ0v) is 17.3. The lowest BCUT2D eigenvalue weighted by Gasteiger charge is -2.30. The minimum atomic E-state index is -1.56. The van der Waals surface area contributed by atoms with E-state index in [-0.39, 0.29) is 19.0 Å². The summed E-state index contributed by atoms with van der Waals surface area (Å²) in [5.41, 5.74) is 5.26. The van der Waals surface area contributed by atoms with E-state index < -0.39 is 11.5 Å². The van der Waals surface area contributed by atoms with Crippen molar-refractivity contribution < 1.29 is 19.7 Å². The smallest absolute Gasteiger partial charge is 0.333 e. The number of amidine groups is 1. The summed E-state index contributed by atoms with van der Waals surface area (Å²) >= 11 is 8.17. The second kappa shape index (κ2) is 8.77. The Morgan fingerprint density at radius 2 is 2.00 bits per heavy atom. The number of nitrogens with two attached hydrogens (primary N) is 1. The number of aliphatic carboxylic acids is 1. The number of halogens is 2. The van der Waals surface area contributed by atoms with Gasteiger partial charge in [0.1, 0.15) is 18.2 Å². The predicted octanol–water partition coefficient (Wildman–Crippen LogP) is 3.01. The summed E-state index contributed by atoms with van der Waals surface area (Å²) in [7, 11) is 0. The molecule has 0 bridgehead atoms. The number of rotatable bonds is 8. The Morgan fingerprint density at radius 3 is 2.52 bits per heavy atom. The number of carbonyl (C=O) groups is 1. The van der Waals surface area contributed by atoms with Gasteiger partial charge in [-0.25, -0.2) is 4.79 Å². The number of nitrogens with one attached hydrogen (secondary N) is 2. The number of hydrogen-bond acceptors (Lipinski definition) is 5. The third-order valence-electron chi connectivity index (χ3n) is 3.90. The van der Waals surface area contributed by atoms with Crippen molar-refractivity contribution in [2.24, 2.45) is 5.73 Å². The summed E-state index contributed by atoms with van der Waals surface area (Å²) in [5.74, 6) is -0.872. The molecule has 6 N–H and O–H groups in total. The molecule has 7 nitrogen and oxygen atoms in total. The van der Waals surface area contributed by atoms with Gasteiger partial charge in [0.25, 0.3) is 0 Å². The minimum Gasteiger partial charge on any atom is -0.490 e. The standard InChI is InChI=1S/C18H19ClIN3O4/c1-18(17(25)26,23-12-4-2-10(3-5-12)16(21)22)13-8-11(19)9-14(20)15(13)27-7-6-24/h2-5,8-9,23-24H,6-7H2,1H3,(H3,21,22)(H,25,26). The number of carboxylic acid groups (broad SMARTS) is 1. The molecular formula is C18H19ClIN3O4. The number of anilines is 1. The van der Waals surface area contributed by atoms with Crippen LogP contribution >= 0.6 is 34.2 Å². The molecule has 144 valence electrons. The Hall–Kier alpha value is -2.04. The van der Waals surface area contributed by atoms with Gasteiger partial charge in [0.2, 0.25) is 0 Å². The van der Waals surface area contributed by atoms with Crippen LogP contribution in [0.1, 0.15) is 18.1 Å². The van der Waals surface area contributed by atoms with E-state index in [0.29, 0.717) is 31.2 Å². The van der Waals surface area contributed by atoms with Crippen LogP contribution < -0.4 is 15.8 Å². The number of aliphatic hydroxyl groups excluding tert-OH is 1. The number of hydrogen-bond donors (Lipinski definition) is 5. The van der Waals surface area contributed by atoms with Crippen molar-refractivity contribution >= 4 is 51.7 Å². The lowest BCUT2D eigenvalue weighted by Crippen LogP contribution is -2.41. The molecular weight excluding hydrogens is 485 g/mol. The predicted molar refractivity (Wildman–Crippen MR) is 113 cm³/mol. The normalized spacial score (nSPS) is 12.9. The summed E-state index contributed by atoms with van der Waals surface area (Å²) in [6.45, 7) is 1.32. The number of ether oxygens (including phenoxy) is 1. The Kier molecular flexibility index (Phi) is 6.90. The van der Waals surface area contributed by atoms with Gasteiger partial charge >= 0.3 is 5.97 Å². The Balaban J connectivity index is 2.52. The maximum atomic E-state index is 12.2. The van der Waals surface area contributed by atoms with Gasteiger partial charge in [0.05, 0.1) is 10.2 Å². The second-order valence-corrected chi connectivity index (χ2v) is 7.48. The fourth-order valence-electron chi connectivity index (χ4n) is 2.48. The van der Waals surface area contributed by atoms with Crippen molar-refractivity contribution in [3.05, 3.63) is 56.1 Å². The molecule has 9 heteroatoms. The van der Waals surface area contributed by atoms with Gasteiger partial charge in [-0.3, -0.25) is 5.41 Å². The van der Waals surface area contributed by atoms with Gasteiger partial charge in [-0.1, -0.05) is 11.6 Å². The van der Waals surface area contributed by atoms with E-state index in [1.807, 2.05) is 22.6 Å². The van der Waals surface area contributed by atoms with E-state index in [1.165, 1.54) is 13.0 Å². The van der Waals surface area contributed by atoms with Crippen LogP contribution in [0.2, 0.25) is 5.02 Å². The topological polar surface area (TPSA) is 129 Å². The first kappa shape index (κ1) is 21.3. The fourth-order valence-corrected chi connectivity index (χ4v) is 3.67. The van der Waals surface area contributed by atoms with Crippen molar-refractivity contribution in [3.8, 4) is 5.75 Å². The molecule has 0 aliphatic heterocycles. The van der Waals surface area contributed by atoms with Crippen LogP contribution in [-0.4, -0.2) is 35.2 Å². The van der Waals surface area contributed by atoms with Gasteiger partial charge in [-0.2, -0.15) is 0 Å². The Labute approximate surface area is 175 Å². The van der Waals surface area contributed by atoms with Crippen molar-refractivity contribution in [1.29, 1.82) is 5.41 Å². The van der Waals surface area contributed by atoms with Crippen molar-refractivity contribution in [2.45, 2.75) is 12.5 Å². The Bertz CT molecular complexity index is 860. The van der Waals surface area contributed by atoms with Gasteiger partial charge in [-0.15, -0.1) is 0 Å². The molecule has 2 rings (SSSR count). The number of carboxylic acids is 1. The molecule has 0 fully saturated rings. The van der Waals surface area contributed by atoms with Crippen LogP contribution in [0.5, 0.6) is 5.75 Å². The van der Waals surface area contributed by atoms with Gasteiger partial charge in [0.15, 0.2) is 5.54 Å². The van der Waals surface area contributed by atoms with Crippen molar-refractivity contribution in [1.82, 2.24) is 0 Å². The van der Waals surface area contributed by atoms with Crippen molar-refractivity contribution in [2.75, 3.05) is 18.5 Å². The fraction of sp³-hybridized carbons (Fsp3) is 0.222. The average molecular weight is 504 g/mol. The highest BCUT2D eigenvalue weighted by molar-refractivity contribution is 14.1. The molecule has 27 heavy (non-hydrogen) atoms. The van der Waals surface area contributed by atoms with E-state index in [4.69, 9.17) is 32.6 Å². The van der Waals surface area contributed by atoms with Crippen molar-refractivity contribution in [3.63, 3.8) is 0 Å². The maximum Gasteiger partial charge on any atom is 0.333 e. The molecule has 2 aromatic rings. The summed E-state index contributed by atoms with van der Waals surface area (Å²) in [6.07, 6.45) is 0. The molecule has 0 aliphatic rings. The molecule has 0 spiro atoms. The molecule has 0 radical (unpaired) electrons. The minimum absolute atomic E-state index is 0.0215. The van der Waals surface area contributed by atoms with E-state index in [2.05, 4.69) is 5.32 Å². The zero-order chi connectivity index (χ0) is 20.2. The molecule has 0 aliphatic carbocycles. The lowest BCUT2D eigenvalue weighted by atomic mass is 9.90. The first-order valence-electron chi connectivity index (χ1n) is 7.88. The van der Waals surface area contributed by atoms with E-state index in [0.717, 1.165) is 0 Å². The van der Waals surface area contributed by atoms with E-state index in [1.54, 1.807) is 30.3 Å². The zero-order valence-electron chi connectivity index (χ0n) is 14.4. The molecule has 0 saturated heterocycles. The van der Waals surface area contributed by atoms with Gasteiger partial charge in [0, 0.05) is 21.8 Å². The Morgan fingerprint density at radius 1 is 1.37 bits per heavy atom. The van der Waals surface area contributed by atoms with Crippen LogP contribution in [0.25, 0.3) is 0 Å². The van der Waals surface area contributed by atoms with Crippen LogP contribution in [0, 0.1) is 8.98 Å². The largest absolute Gasteiger partial charge is 0.490 e. The third kappa shape index (κ3) is 4.82. The summed E-state index contributed by atoms with van der Waals surface area (Å²) < 4.78 is 6.22. The maximum absolute atomic E-state index is 12.2. The summed E-state index contributed by atoms with van der Waals surface area (Å²) in [6, 6.07) is 9.71. The quantitative estimate of drug-likeness (QED) is 0.214. The van der Waals surface area contributed by atoms with Gasteiger partial charge in [-0.05, 0) is 65.9 Å². The highest BCUT2D eigenvalue weighted by Gasteiger charge is 2.39. The molecule has 1 unspecified atom stereocenters. The van der Waals surface area contributed by atoms with Crippen LogP contribution in [0.3, 0.4) is 0 Å². The molecule has 0 aromatic heterocycles. The van der Waals surface area contributed by atoms with E-state index in [9.17, 15) is 9.90 Å². The first-order valence-corrected chi connectivity index (χ1v) is 9.34. The molecule has 0 amide bonds. The average Bonchev–Trinajstić information content (AvgIpc) is 2.60. The van der Waals surface area contributed by atoms with Gasteiger partial charge < -0.3 is 26.0 Å². The lowest BCUT2D eigenvalue weighted by molar-refractivity contribution is -0.142. The number of benzene rings is 2. The molecule has 1 atom stereocenters. The highest BCUT2D eigenvalue weighted by atomic mass is 127. The van der Waals surface area contributed by atoms with Crippen LogP contribution in [0.15, 0.2) is 36.4 Å². The van der Waals surface area contributed by atoms with Crippen LogP contribution in [0.4, 0.5) is 5.69 Å². The number of nitrogen functional groups attached to an aromatic ring is 1. The van der Waals surface area contributed by atoms with Crippen LogP contribution in [-0.2, 0) is 10.3 Å². The first-order chi connectivity index (χ1) is 12.7. The van der Waals surface area contributed by atoms with E-state index >= 15 is 0 Å². The summed E-state index contributed by atoms with van der Waals surface area (Å²) in [4.78, 5) is 12.2. The SMILES string of the molecule is CC(Nc1ccc(C(=N)N)cc1)(C(=O)O)c1cc(Cl)cc(I)c1OCCO. The summed E-state index contributed by atoms with van der Waals surface area (Å²) in [5, 5.41) is 29.8. The molecule has 2 aromatic carbocycles. The molecule has 0 heterocycles.